The summed E-state index contributed by atoms with van der Waals surface area (Å²) >= 11 is 1.68. The van der Waals surface area contributed by atoms with Crippen molar-refractivity contribution in [3.63, 3.8) is 0 Å². The fraction of sp³-hybridized carbons (Fsp3) is 0.786. The van der Waals surface area contributed by atoms with E-state index in [-0.39, 0.29) is 11.0 Å². The molecular weight excluding hydrogens is 228 g/mol. The lowest BCUT2D eigenvalue weighted by Gasteiger charge is -2.36. The predicted molar refractivity (Wildman–Crippen MR) is 76.5 cm³/mol. The van der Waals surface area contributed by atoms with Gasteiger partial charge < -0.3 is 5.32 Å². The third kappa shape index (κ3) is 4.76. The van der Waals surface area contributed by atoms with Crippen molar-refractivity contribution in [3.05, 3.63) is 16.6 Å². The van der Waals surface area contributed by atoms with Gasteiger partial charge in [-0.2, -0.15) is 0 Å². The molecule has 0 radical (unpaired) electrons. The fourth-order valence-electron chi connectivity index (χ4n) is 1.68. The maximum Gasteiger partial charge on any atom is 0.0794 e. The van der Waals surface area contributed by atoms with Crippen LogP contribution in [0.1, 0.15) is 47.2 Å². The Kier molecular flexibility index (Phi) is 4.73. The lowest BCUT2D eigenvalue weighted by atomic mass is 9.75. The van der Waals surface area contributed by atoms with Crippen molar-refractivity contribution >= 4 is 11.3 Å². The van der Waals surface area contributed by atoms with Crippen molar-refractivity contribution in [3.8, 4) is 0 Å². The van der Waals surface area contributed by atoms with E-state index in [0.717, 1.165) is 13.0 Å². The summed E-state index contributed by atoms with van der Waals surface area (Å²) in [4.78, 5) is 4.42. The van der Waals surface area contributed by atoms with E-state index in [4.69, 9.17) is 0 Å². The van der Waals surface area contributed by atoms with Gasteiger partial charge in [0.2, 0.25) is 0 Å². The zero-order valence-corrected chi connectivity index (χ0v) is 12.8. The minimum absolute atomic E-state index is 0.179. The summed E-state index contributed by atoms with van der Waals surface area (Å²) in [5.74, 6) is 0.638. The lowest BCUT2D eigenvalue weighted by Crippen LogP contribution is -2.45. The molecule has 1 unspecified atom stereocenters. The molecular formula is C14H26N2S. The van der Waals surface area contributed by atoms with Crippen molar-refractivity contribution in [1.29, 1.82) is 0 Å². The van der Waals surface area contributed by atoms with E-state index in [9.17, 15) is 0 Å². The van der Waals surface area contributed by atoms with Crippen LogP contribution >= 0.6 is 11.3 Å². The Bertz CT molecular complexity index is 324. The van der Waals surface area contributed by atoms with Gasteiger partial charge in [0.15, 0.2) is 0 Å². The minimum Gasteiger partial charge on any atom is -0.312 e. The van der Waals surface area contributed by atoms with Crippen LogP contribution < -0.4 is 5.32 Å². The van der Waals surface area contributed by atoms with Crippen LogP contribution in [0, 0.1) is 11.3 Å². The maximum absolute atomic E-state index is 4.42. The third-order valence-corrected chi connectivity index (χ3v) is 4.12. The number of thiazole rings is 1. The summed E-state index contributed by atoms with van der Waals surface area (Å²) in [6.45, 7) is 14.7. The van der Waals surface area contributed by atoms with Crippen LogP contribution in [0.3, 0.4) is 0 Å². The van der Waals surface area contributed by atoms with Gasteiger partial charge in [0, 0.05) is 17.5 Å². The van der Waals surface area contributed by atoms with E-state index in [1.54, 1.807) is 11.3 Å². The molecule has 0 aliphatic heterocycles. The summed E-state index contributed by atoms with van der Waals surface area (Å²) in [5, 5.41) is 5.80. The standard InChI is InChI=1S/C14H26N2S/c1-11(2)14(6,9-16-13(3,4)5)7-12-8-17-10-15-12/h8,10-11,16H,7,9H2,1-6H3. The van der Waals surface area contributed by atoms with Crippen LogP contribution in [0.25, 0.3) is 0 Å². The average molecular weight is 254 g/mol. The Hall–Kier alpha value is -0.410. The van der Waals surface area contributed by atoms with Crippen LogP contribution in [0.5, 0.6) is 0 Å². The molecule has 0 saturated heterocycles. The number of nitrogens with one attached hydrogen (secondary N) is 1. The molecule has 1 N–H and O–H groups in total. The van der Waals surface area contributed by atoms with Crippen LogP contribution in [0.2, 0.25) is 0 Å². The van der Waals surface area contributed by atoms with E-state index in [2.05, 4.69) is 57.2 Å². The molecule has 1 aromatic heterocycles. The van der Waals surface area contributed by atoms with Gasteiger partial charge in [0.1, 0.15) is 0 Å². The fourth-order valence-corrected chi connectivity index (χ4v) is 2.23. The van der Waals surface area contributed by atoms with Gasteiger partial charge in [-0.15, -0.1) is 11.3 Å². The summed E-state index contributed by atoms with van der Waals surface area (Å²) in [7, 11) is 0. The predicted octanol–water partition coefficient (Wildman–Crippen LogP) is 3.74. The van der Waals surface area contributed by atoms with Gasteiger partial charge in [0.05, 0.1) is 11.2 Å². The maximum atomic E-state index is 4.42. The van der Waals surface area contributed by atoms with Gasteiger partial charge >= 0.3 is 0 Å². The van der Waals surface area contributed by atoms with Crippen LogP contribution in [-0.4, -0.2) is 17.1 Å². The van der Waals surface area contributed by atoms with Crippen molar-refractivity contribution < 1.29 is 0 Å². The molecule has 0 aliphatic carbocycles. The number of hydrogen-bond acceptors (Lipinski definition) is 3. The van der Waals surface area contributed by atoms with Crippen molar-refractivity contribution in [1.82, 2.24) is 10.3 Å². The second-order valence-corrected chi connectivity index (χ2v) is 7.29. The Morgan fingerprint density at radius 1 is 1.29 bits per heavy atom. The number of hydrogen-bond donors (Lipinski definition) is 1. The SMILES string of the molecule is CC(C)C(C)(CNC(C)(C)C)Cc1cscn1. The van der Waals surface area contributed by atoms with E-state index < -0.39 is 0 Å². The molecule has 0 aliphatic rings. The molecule has 17 heavy (non-hydrogen) atoms. The Balaban J connectivity index is 2.69. The van der Waals surface area contributed by atoms with Crippen LogP contribution in [0.15, 0.2) is 10.9 Å². The Morgan fingerprint density at radius 3 is 2.35 bits per heavy atom. The highest BCUT2D eigenvalue weighted by Gasteiger charge is 2.30. The molecule has 0 aromatic carbocycles. The van der Waals surface area contributed by atoms with E-state index in [0.29, 0.717) is 5.92 Å². The zero-order valence-electron chi connectivity index (χ0n) is 12.0. The van der Waals surface area contributed by atoms with E-state index in [1.165, 1.54) is 5.69 Å². The van der Waals surface area contributed by atoms with Crippen molar-refractivity contribution in [2.45, 2.75) is 53.5 Å². The number of aromatic nitrogens is 1. The molecule has 0 amide bonds. The first-order valence-corrected chi connectivity index (χ1v) is 7.29. The zero-order chi connectivity index (χ0) is 13.1. The second-order valence-electron chi connectivity index (χ2n) is 6.57. The molecule has 0 saturated carbocycles. The molecule has 0 fully saturated rings. The summed E-state index contributed by atoms with van der Waals surface area (Å²) in [6, 6.07) is 0. The smallest absolute Gasteiger partial charge is 0.0794 e. The van der Waals surface area contributed by atoms with Crippen molar-refractivity contribution in [2.75, 3.05) is 6.54 Å². The Labute approximate surface area is 110 Å². The molecule has 1 atom stereocenters. The molecule has 0 spiro atoms. The van der Waals surface area contributed by atoms with Crippen LogP contribution in [0.4, 0.5) is 0 Å². The topological polar surface area (TPSA) is 24.9 Å². The normalized spacial score (nSPS) is 16.2. The van der Waals surface area contributed by atoms with Gasteiger partial charge in [-0.3, -0.25) is 0 Å². The van der Waals surface area contributed by atoms with E-state index >= 15 is 0 Å². The highest BCUT2D eigenvalue weighted by Crippen LogP contribution is 2.31. The van der Waals surface area contributed by atoms with Gasteiger partial charge in [0.25, 0.3) is 0 Å². The molecule has 2 nitrogen and oxygen atoms in total. The molecule has 0 bridgehead atoms. The minimum atomic E-state index is 0.179. The molecule has 1 rings (SSSR count). The molecule has 1 aromatic rings. The number of nitrogens with zero attached hydrogens (tertiary/aromatic N) is 1. The first-order chi connectivity index (χ1) is 7.73. The summed E-state index contributed by atoms with van der Waals surface area (Å²) in [6.07, 6.45) is 1.05. The molecule has 98 valence electrons. The highest BCUT2D eigenvalue weighted by atomic mass is 32.1. The van der Waals surface area contributed by atoms with Gasteiger partial charge in [-0.25, -0.2) is 4.98 Å². The molecule has 3 heteroatoms. The van der Waals surface area contributed by atoms with Crippen molar-refractivity contribution in [2.24, 2.45) is 11.3 Å². The summed E-state index contributed by atoms with van der Waals surface area (Å²) < 4.78 is 0. The van der Waals surface area contributed by atoms with E-state index in [1.807, 2.05) is 5.51 Å². The van der Waals surface area contributed by atoms with Gasteiger partial charge in [-0.1, -0.05) is 20.8 Å². The molecule has 1 heterocycles. The highest BCUT2D eigenvalue weighted by molar-refractivity contribution is 7.07. The van der Waals surface area contributed by atoms with Gasteiger partial charge in [-0.05, 0) is 38.5 Å². The first kappa shape index (κ1) is 14.7. The quantitative estimate of drug-likeness (QED) is 0.866. The third-order valence-electron chi connectivity index (χ3n) is 3.48. The summed E-state index contributed by atoms with van der Waals surface area (Å²) in [5.41, 5.74) is 3.59. The Morgan fingerprint density at radius 2 is 1.94 bits per heavy atom. The lowest BCUT2D eigenvalue weighted by molar-refractivity contribution is 0.186. The first-order valence-electron chi connectivity index (χ1n) is 6.35. The second kappa shape index (κ2) is 5.49. The monoisotopic (exact) mass is 254 g/mol. The number of rotatable bonds is 5. The largest absolute Gasteiger partial charge is 0.312 e. The average Bonchev–Trinajstić information content (AvgIpc) is 2.66. The van der Waals surface area contributed by atoms with Crippen LogP contribution in [-0.2, 0) is 6.42 Å².